The predicted octanol–water partition coefficient (Wildman–Crippen LogP) is 3.85. The normalized spacial score (nSPS) is 14.3. The number of amides is 1. The number of carbonyl (C=O) groups is 2. The third-order valence-electron chi connectivity index (χ3n) is 3.62. The van der Waals surface area contributed by atoms with E-state index in [9.17, 15) is 9.59 Å². The van der Waals surface area contributed by atoms with Crippen LogP contribution in [-0.4, -0.2) is 45.4 Å². The molecule has 2 aromatic rings. The smallest absolute Gasteiger partial charge is 0.326 e. The first-order valence-electron chi connectivity index (χ1n) is 7.96. The van der Waals surface area contributed by atoms with Gasteiger partial charge in [-0.05, 0) is 38.4 Å². The molecule has 0 fully saturated rings. The minimum absolute atomic E-state index is 0.0686. The monoisotopic (exact) mass is 413 g/mol. The first-order chi connectivity index (χ1) is 12.1. The highest BCUT2D eigenvalue weighted by Crippen LogP contribution is 2.37. The van der Waals surface area contributed by atoms with Gasteiger partial charge in [0.1, 0.15) is 17.8 Å². The number of ether oxygens (including phenoxy) is 1. The lowest BCUT2D eigenvalue weighted by molar-refractivity contribution is -0.155. The summed E-state index contributed by atoms with van der Waals surface area (Å²) in [5.74, 6) is -0.619. The zero-order chi connectivity index (χ0) is 19.1. The topological polar surface area (TPSA) is 72.4 Å². The van der Waals surface area contributed by atoms with Crippen molar-refractivity contribution in [3.8, 4) is 10.6 Å². The van der Waals surface area contributed by atoms with Crippen molar-refractivity contribution in [1.82, 2.24) is 14.9 Å². The molecule has 138 valence electrons. The molecule has 0 N–H and O–H groups in total. The fourth-order valence-electron chi connectivity index (χ4n) is 2.62. The van der Waals surface area contributed by atoms with Crippen molar-refractivity contribution in [3.05, 3.63) is 33.0 Å². The van der Waals surface area contributed by atoms with Crippen LogP contribution in [0.2, 0.25) is 10.3 Å². The first-order valence-corrected chi connectivity index (χ1v) is 9.53. The van der Waals surface area contributed by atoms with E-state index >= 15 is 0 Å². The fraction of sp³-hybridized carbons (Fsp3) is 0.412. The molecule has 6 nitrogen and oxygen atoms in total. The first kappa shape index (κ1) is 19.1. The van der Waals surface area contributed by atoms with E-state index in [0.717, 1.165) is 9.75 Å². The van der Waals surface area contributed by atoms with Gasteiger partial charge in [-0.3, -0.25) is 9.59 Å². The van der Waals surface area contributed by atoms with Crippen molar-refractivity contribution in [3.63, 3.8) is 0 Å². The number of fused-ring (bicyclic) bond motifs is 1. The largest absolute Gasteiger partial charge is 0.459 e. The Morgan fingerprint density at radius 1 is 1.38 bits per heavy atom. The Labute approximate surface area is 165 Å². The molecule has 0 atom stereocenters. The molecule has 0 spiro atoms. The average molecular weight is 414 g/mol. The zero-order valence-corrected chi connectivity index (χ0v) is 16.8. The van der Waals surface area contributed by atoms with Gasteiger partial charge in [-0.2, -0.15) is 0 Å². The van der Waals surface area contributed by atoms with Gasteiger partial charge >= 0.3 is 5.97 Å². The van der Waals surface area contributed by atoms with Gasteiger partial charge in [-0.25, -0.2) is 9.97 Å². The van der Waals surface area contributed by atoms with Gasteiger partial charge in [0.25, 0.3) is 5.91 Å². The molecule has 1 aliphatic heterocycles. The van der Waals surface area contributed by atoms with Crippen molar-refractivity contribution < 1.29 is 14.3 Å². The maximum Gasteiger partial charge on any atom is 0.326 e. The van der Waals surface area contributed by atoms with Crippen molar-refractivity contribution >= 4 is 46.4 Å². The van der Waals surface area contributed by atoms with E-state index in [1.807, 2.05) is 0 Å². The minimum Gasteiger partial charge on any atom is -0.459 e. The van der Waals surface area contributed by atoms with Crippen LogP contribution in [-0.2, 0) is 16.0 Å². The fourth-order valence-corrected chi connectivity index (χ4v) is 4.15. The van der Waals surface area contributed by atoms with Crippen molar-refractivity contribution in [2.75, 3.05) is 13.1 Å². The molecule has 0 saturated carbocycles. The Morgan fingerprint density at radius 2 is 2.12 bits per heavy atom. The highest BCUT2D eigenvalue weighted by atomic mass is 35.5. The molecule has 26 heavy (non-hydrogen) atoms. The van der Waals surface area contributed by atoms with E-state index in [1.165, 1.54) is 22.4 Å². The number of halogens is 2. The summed E-state index contributed by atoms with van der Waals surface area (Å²) in [6.45, 7) is 5.78. The quantitative estimate of drug-likeness (QED) is 0.564. The lowest BCUT2D eigenvalue weighted by Gasteiger charge is -2.27. The number of thiophene rings is 1. The lowest BCUT2D eigenvalue weighted by atomic mass is 10.1. The second-order valence-corrected chi connectivity index (χ2v) is 8.73. The van der Waals surface area contributed by atoms with Crippen LogP contribution in [0.5, 0.6) is 0 Å². The van der Waals surface area contributed by atoms with E-state index in [2.05, 4.69) is 9.97 Å². The van der Waals surface area contributed by atoms with Gasteiger partial charge in [-0.15, -0.1) is 11.3 Å². The number of carbonyl (C=O) groups excluding carboxylic acids is 2. The summed E-state index contributed by atoms with van der Waals surface area (Å²) in [6, 6.07) is 1.74. The highest BCUT2D eigenvalue weighted by Gasteiger charge is 2.30. The molecule has 1 aliphatic rings. The van der Waals surface area contributed by atoms with Gasteiger partial charge in [0, 0.05) is 17.8 Å². The van der Waals surface area contributed by atoms with Gasteiger partial charge < -0.3 is 9.64 Å². The second-order valence-electron chi connectivity index (χ2n) is 6.85. The maximum absolute atomic E-state index is 12.7. The average Bonchev–Trinajstić information content (AvgIpc) is 2.95. The molecule has 2 aromatic heterocycles. The Balaban J connectivity index is 1.82. The Hall–Kier alpha value is -1.70. The Kier molecular flexibility index (Phi) is 5.23. The van der Waals surface area contributed by atoms with Gasteiger partial charge in [0.15, 0.2) is 0 Å². The molecule has 0 bridgehead atoms. The third-order valence-corrected chi connectivity index (χ3v) is 5.28. The van der Waals surface area contributed by atoms with E-state index in [1.54, 1.807) is 26.8 Å². The van der Waals surface area contributed by atoms with Gasteiger partial charge in [0.05, 0.1) is 21.7 Å². The summed E-state index contributed by atoms with van der Waals surface area (Å²) in [5, 5.41) is 0.458. The molecule has 0 radical (unpaired) electrons. The number of esters is 1. The van der Waals surface area contributed by atoms with Crippen LogP contribution in [0.3, 0.4) is 0 Å². The predicted molar refractivity (Wildman–Crippen MR) is 101 cm³/mol. The van der Waals surface area contributed by atoms with Crippen LogP contribution in [0, 0.1) is 0 Å². The Morgan fingerprint density at radius 3 is 2.81 bits per heavy atom. The van der Waals surface area contributed by atoms with Gasteiger partial charge in [-0.1, -0.05) is 11.6 Å². The second kappa shape index (κ2) is 7.13. The van der Waals surface area contributed by atoms with E-state index < -0.39 is 11.6 Å². The lowest BCUT2D eigenvalue weighted by Crippen LogP contribution is -2.42. The summed E-state index contributed by atoms with van der Waals surface area (Å²) >= 11 is 13.5. The number of hydrogen-bond acceptors (Lipinski definition) is 6. The van der Waals surface area contributed by atoms with E-state index in [0.29, 0.717) is 29.2 Å². The third kappa shape index (κ3) is 4.16. The summed E-state index contributed by atoms with van der Waals surface area (Å²) in [5.41, 5.74) is 0.475. The number of aromatic nitrogens is 2. The Bertz CT molecular complexity index is 877. The van der Waals surface area contributed by atoms with Crippen molar-refractivity contribution in [2.45, 2.75) is 32.8 Å². The number of rotatable bonds is 3. The van der Waals surface area contributed by atoms with Crippen LogP contribution < -0.4 is 0 Å². The van der Waals surface area contributed by atoms with Crippen LogP contribution in [0.4, 0.5) is 0 Å². The van der Waals surface area contributed by atoms with Crippen LogP contribution in [0.25, 0.3) is 10.6 Å². The number of nitrogens with zero attached hydrogens (tertiary/aromatic N) is 3. The number of hydrogen-bond donors (Lipinski definition) is 0. The molecular weight excluding hydrogens is 397 g/mol. The van der Waals surface area contributed by atoms with Gasteiger partial charge in [0.2, 0.25) is 5.28 Å². The zero-order valence-electron chi connectivity index (χ0n) is 14.5. The highest BCUT2D eigenvalue weighted by molar-refractivity contribution is 7.16. The molecule has 0 aromatic carbocycles. The molecule has 0 unspecified atom stereocenters. The van der Waals surface area contributed by atoms with Crippen molar-refractivity contribution in [2.24, 2.45) is 0 Å². The molecule has 0 aliphatic carbocycles. The van der Waals surface area contributed by atoms with E-state index in [-0.39, 0.29) is 17.7 Å². The molecule has 9 heteroatoms. The maximum atomic E-state index is 12.7. The van der Waals surface area contributed by atoms with Crippen LogP contribution in [0.15, 0.2) is 12.3 Å². The summed E-state index contributed by atoms with van der Waals surface area (Å²) in [7, 11) is 0. The molecule has 3 rings (SSSR count). The van der Waals surface area contributed by atoms with E-state index in [4.69, 9.17) is 27.9 Å². The molecule has 1 amide bonds. The molecule has 3 heterocycles. The van der Waals surface area contributed by atoms with Crippen molar-refractivity contribution in [1.29, 1.82) is 0 Å². The standard InChI is InChI=1S/C17H17Cl2N3O3S/c1-17(2,3)25-13(23)8-22-5-4-11-9(15(22)24)6-12(26-11)14-10(18)7-20-16(19)21-14/h6-7H,4-5,8H2,1-3H3. The summed E-state index contributed by atoms with van der Waals surface area (Å²) < 4.78 is 5.30. The van der Waals surface area contributed by atoms with Crippen LogP contribution in [0.1, 0.15) is 36.0 Å². The SMILES string of the molecule is CC(C)(C)OC(=O)CN1CCc2sc(-c3nc(Cl)ncc3Cl)cc2C1=O. The molecule has 0 saturated heterocycles. The summed E-state index contributed by atoms with van der Waals surface area (Å²) in [6.07, 6.45) is 2.09. The summed E-state index contributed by atoms with van der Waals surface area (Å²) in [4.78, 5) is 36.0. The molecular formula is C17H17Cl2N3O3S. The van der Waals surface area contributed by atoms with Crippen LogP contribution >= 0.6 is 34.5 Å². The minimum atomic E-state index is -0.584.